The van der Waals surface area contributed by atoms with Crippen molar-refractivity contribution in [3.05, 3.63) is 58.6 Å². The molecule has 21 heavy (non-hydrogen) atoms. The van der Waals surface area contributed by atoms with Gasteiger partial charge in [0.05, 0.1) is 16.3 Å². The third-order valence-electron chi connectivity index (χ3n) is 2.81. The summed E-state index contributed by atoms with van der Waals surface area (Å²) < 4.78 is 0. The Morgan fingerprint density at radius 1 is 1.10 bits per heavy atom. The molecule has 0 aliphatic rings. The summed E-state index contributed by atoms with van der Waals surface area (Å²) >= 11 is 7.55. The van der Waals surface area contributed by atoms with Crippen LogP contribution < -0.4 is 5.32 Å². The number of amides is 1. The van der Waals surface area contributed by atoms with Crippen molar-refractivity contribution in [2.45, 2.75) is 4.90 Å². The second-order valence-corrected chi connectivity index (χ2v) is 5.47. The number of aromatic carboxylic acids is 1. The Morgan fingerprint density at radius 2 is 1.71 bits per heavy atom. The molecule has 0 aliphatic carbocycles. The van der Waals surface area contributed by atoms with E-state index in [0.29, 0.717) is 5.56 Å². The summed E-state index contributed by atoms with van der Waals surface area (Å²) in [5.41, 5.74) is 0.813. The Kier molecular flexibility index (Phi) is 4.88. The number of anilines is 1. The monoisotopic (exact) mass is 321 g/mol. The minimum absolute atomic E-state index is 0.0624. The van der Waals surface area contributed by atoms with Crippen LogP contribution in [-0.2, 0) is 0 Å². The Bertz CT molecular complexity index is 686. The van der Waals surface area contributed by atoms with Gasteiger partial charge in [-0.2, -0.15) is 0 Å². The van der Waals surface area contributed by atoms with Crippen molar-refractivity contribution in [1.29, 1.82) is 0 Å². The van der Waals surface area contributed by atoms with Crippen LogP contribution >= 0.6 is 23.4 Å². The van der Waals surface area contributed by atoms with Crippen molar-refractivity contribution in [1.82, 2.24) is 0 Å². The first-order valence-corrected chi connectivity index (χ1v) is 7.60. The van der Waals surface area contributed by atoms with Crippen LogP contribution in [0.4, 0.5) is 5.69 Å². The lowest BCUT2D eigenvalue weighted by molar-refractivity contribution is 0.0696. The molecule has 0 aromatic heterocycles. The molecule has 0 heterocycles. The van der Waals surface area contributed by atoms with E-state index < -0.39 is 5.97 Å². The largest absolute Gasteiger partial charge is 0.478 e. The number of hydrogen-bond donors (Lipinski definition) is 2. The summed E-state index contributed by atoms with van der Waals surface area (Å²) in [5.74, 6) is -1.42. The Hall–Kier alpha value is -1.98. The van der Waals surface area contributed by atoms with Crippen molar-refractivity contribution in [2.75, 3.05) is 11.6 Å². The average molecular weight is 322 g/mol. The highest BCUT2D eigenvalue weighted by molar-refractivity contribution is 7.98. The van der Waals surface area contributed by atoms with Gasteiger partial charge in [-0.3, -0.25) is 4.79 Å². The second-order valence-electron chi connectivity index (χ2n) is 4.18. The molecule has 0 saturated heterocycles. The summed E-state index contributed by atoms with van der Waals surface area (Å²) in [5, 5.41) is 11.9. The van der Waals surface area contributed by atoms with Gasteiger partial charge in [0, 0.05) is 10.5 Å². The zero-order valence-electron chi connectivity index (χ0n) is 11.1. The van der Waals surface area contributed by atoms with E-state index in [1.54, 1.807) is 23.9 Å². The van der Waals surface area contributed by atoms with E-state index in [9.17, 15) is 9.59 Å². The number of thioether (sulfide) groups is 1. The van der Waals surface area contributed by atoms with E-state index in [-0.39, 0.29) is 22.2 Å². The molecular formula is C15H12ClNO3S. The van der Waals surface area contributed by atoms with Crippen LogP contribution in [0, 0.1) is 0 Å². The quantitative estimate of drug-likeness (QED) is 0.835. The number of rotatable bonds is 4. The highest BCUT2D eigenvalue weighted by Gasteiger charge is 2.11. The molecule has 0 saturated carbocycles. The van der Waals surface area contributed by atoms with E-state index in [1.165, 1.54) is 18.2 Å². The van der Waals surface area contributed by atoms with Crippen LogP contribution in [0.5, 0.6) is 0 Å². The molecule has 2 rings (SSSR count). The first-order chi connectivity index (χ1) is 10.0. The van der Waals surface area contributed by atoms with Gasteiger partial charge in [0.1, 0.15) is 0 Å². The molecule has 0 spiro atoms. The molecule has 2 aromatic carbocycles. The smallest absolute Gasteiger partial charge is 0.335 e. The topological polar surface area (TPSA) is 66.4 Å². The van der Waals surface area contributed by atoms with Gasteiger partial charge in [0.2, 0.25) is 0 Å². The number of hydrogen-bond acceptors (Lipinski definition) is 3. The number of nitrogens with one attached hydrogen (secondary N) is 1. The summed E-state index contributed by atoms with van der Waals surface area (Å²) in [6.07, 6.45) is 1.95. The molecule has 1 amide bonds. The molecule has 108 valence electrons. The van der Waals surface area contributed by atoms with Crippen molar-refractivity contribution in [3.63, 3.8) is 0 Å². The Labute approximate surface area is 131 Å². The van der Waals surface area contributed by atoms with Crippen LogP contribution in [0.2, 0.25) is 5.02 Å². The lowest BCUT2D eigenvalue weighted by atomic mass is 10.1. The summed E-state index contributed by atoms with van der Waals surface area (Å²) in [4.78, 5) is 24.1. The van der Waals surface area contributed by atoms with Crippen molar-refractivity contribution >= 4 is 40.9 Å². The highest BCUT2D eigenvalue weighted by Crippen LogP contribution is 2.24. The van der Waals surface area contributed by atoms with E-state index in [1.807, 2.05) is 18.4 Å². The average Bonchev–Trinajstić information content (AvgIpc) is 2.49. The summed E-state index contributed by atoms with van der Waals surface area (Å²) in [6, 6.07) is 11.2. The number of benzene rings is 2. The molecule has 0 aliphatic heterocycles. The van der Waals surface area contributed by atoms with Crippen LogP contribution in [0.15, 0.2) is 47.4 Å². The van der Waals surface area contributed by atoms with Crippen LogP contribution in [0.3, 0.4) is 0 Å². The normalized spacial score (nSPS) is 10.2. The standard InChI is InChI=1S/C15H12ClNO3S/c1-21-11-5-2-9(3-6-11)14(18)17-13-8-10(15(19)20)4-7-12(13)16/h2-8H,1H3,(H,17,18)(H,19,20). The fourth-order valence-corrected chi connectivity index (χ4v) is 2.26. The molecule has 2 N–H and O–H groups in total. The molecule has 0 radical (unpaired) electrons. The maximum absolute atomic E-state index is 12.1. The predicted molar refractivity (Wildman–Crippen MR) is 84.6 cm³/mol. The van der Waals surface area contributed by atoms with Gasteiger partial charge in [0.15, 0.2) is 0 Å². The summed E-state index contributed by atoms with van der Waals surface area (Å²) in [6.45, 7) is 0. The van der Waals surface area contributed by atoms with Gasteiger partial charge in [-0.05, 0) is 48.7 Å². The maximum atomic E-state index is 12.1. The fourth-order valence-electron chi connectivity index (χ4n) is 1.69. The molecule has 6 heteroatoms. The lowest BCUT2D eigenvalue weighted by Gasteiger charge is -2.08. The van der Waals surface area contributed by atoms with Gasteiger partial charge in [0.25, 0.3) is 5.91 Å². The lowest BCUT2D eigenvalue weighted by Crippen LogP contribution is -2.12. The van der Waals surface area contributed by atoms with Gasteiger partial charge in [-0.25, -0.2) is 4.79 Å². The number of carbonyl (C=O) groups excluding carboxylic acids is 1. The first-order valence-electron chi connectivity index (χ1n) is 5.99. The molecule has 0 bridgehead atoms. The predicted octanol–water partition coefficient (Wildman–Crippen LogP) is 4.01. The molecule has 0 fully saturated rings. The molecule has 0 atom stereocenters. The minimum Gasteiger partial charge on any atom is -0.478 e. The van der Waals surface area contributed by atoms with Crippen LogP contribution in [-0.4, -0.2) is 23.2 Å². The van der Waals surface area contributed by atoms with Gasteiger partial charge in [-0.1, -0.05) is 11.6 Å². The maximum Gasteiger partial charge on any atom is 0.335 e. The fraction of sp³-hybridized carbons (Fsp3) is 0.0667. The molecule has 0 unspecified atom stereocenters. The van der Waals surface area contributed by atoms with E-state index in [4.69, 9.17) is 16.7 Å². The van der Waals surface area contributed by atoms with E-state index in [0.717, 1.165) is 4.90 Å². The number of halogens is 1. The Morgan fingerprint density at radius 3 is 2.29 bits per heavy atom. The minimum atomic E-state index is -1.08. The van der Waals surface area contributed by atoms with Crippen LogP contribution in [0.25, 0.3) is 0 Å². The van der Waals surface area contributed by atoms with Crippen molar-refractivity contribution < 1.29 is 14.7 Å². The zero-order valence-corrected chi connectivity index (χ0v) is 12.7. The van der Waals surface area contributed by atoms with E-state index >= 15 is 0 Å². The SMILES string of the molecule is CSc1ccc(C(=O)Nc2cc(C(=O)O)ccc2Cl)cc1. The zero-order chi connectivity index (χ0) is 15.4. The number of carbonyl (C=O) groups is 2. The van der Waals surface area contributed by atoms with E-state index in [2.05, 4.69) is 5.32 Å². The summed E-state index contributed by atoms with van der Waals surface area (Å²) in [7, 11) is 0. The first kappa shape index (κ1) is 15.4. The third-order valence-corrected chi connectivity index (χ3v) is 3.89. The Balaban J connectivity index is 2.22. The number of carboxylic acid groups (broad SMARTS) is 1. The third kappa shape index (κ3) is 3.77. The number of carboxylic acids is 1. The molecular weight excluding hydrogens is 310 g/mol. The van der Waals surface area contributed by atoms with Gasteiger partial charge < -0.3 is 10.4 Å². The molecule has 4 nitrogen and oxygen atoms in total. The van der Waals surface area contributed by atoms with Gasteiger partial charge in [-0.15, -0.1) is 11.8 Å². The van der Waals surface area contributed by atoms with Crippen molar-refractivity contribution in [2.24, 2.45) is 0 Å². The van der Waals surface area contributed by atoms with Gasteiger partial charge >= 0.3 is 5.97 Å². The second kappa shape index (κ2) is 6.65. The molecule has 2 aromatic rings. The van der Waals surface area contributed by atoms with Crippen LogP contribution in [0.1, 0.15) is 20.7 Å². The highest BCUT2D eigenvalue weighted by atomic mass is 35.5. The van der Waals surface area contributed by atoms with Crippen molar-refractivity contribution in [3.8, 4) is 0 Å².